The SMILES string of the molecule is NCc1ccc(OCCCS(=O)(=O)c2cccs2)cc1. The highest BCUT2D eigenvalue weighted by Crippen LogP contribution is 2.18. The number of hydrogen-bond donors (Lipinski definition) is 1. The van der Waals surface area contributed by atoms with E-state index < -0.39 is 9.84 Å². The van der Waals surface area contributed by atoms with Crippen LogP contribution < -0.4 is 10.5 Å². The maximum Gasteiger partial charge on any atom is 0.187 e. The number of nitrogens with two attached hydrogens (primary N) is 1. The molecule has 0 aliphatic rings. The van der Waals surface area contributed by atoms with Crippen LogP contribution in [-0.4, -0.2) is 20.8 Å². The average Bonchev–Trinajstić information content (AvgIpc) is 2.99. The molecule has 1 aromatic heterocycles. The molecule has 0 aliphatic heterocycles. The van der Waals surface area contributed by atoms with Gasteiger partial charge in [-0.05, 0) is 35.6 Å². The molecule has 0 amide bonds. The fourth-order valence-electron chi connectivity index (χ4n) is 1.70. The molecule has 0 radical (unpaired) electrons. The molecule has 4 nitrogen and oxygen atoms in total. The van der Waals surface area contributed by atoms with Crippen molar-refractivity contribution < 1.29 is 13.2 Å². The molecule has 2 aromatic rings. The molecule has 6 heteroatoms. The maximum absolute atomic E-state index is 11.9. The minimum Gasteiger partial charge on any atom is -0.494 e. The predicted molar refractivity (Wildman–Crippen MR) is 80.8 cm³/mol. The molecule has 0 unspecified atom stereocenters. The smallest absolute Gasteiger partial charge is 0.187 e. The van der Waals surface area contributed by atoms with Gasteiger partial charge >= 0.3 is 0 Å². The molecule has 0 saturated carbocycles. The molecule has 2 rings (SSSR count). The second-order valence-corrected chi connectivity index (χ2v) is 7.58. The largest absolute Gasteiger partial charge is 0.494 e. The van der Waals surface area contributed by atoms with Crippen LogP contribution in [0.25, 0.3) is 0 Å². The highest BCUT2D eigenvalue weighted by molar-refractivity contribution is 7.93. The van der Waals surface area contributed by atoms with E-state index in [2.05, 4.69) is 0 Å². The summed E-state index contributed by atoms with van der Waals surface area (Å²) in [7, 11) is -3.16. The monoisotopic (exact) mass is 311 g/mol. The molecule has 0 fully saturated rings. The Labute approximate surface area is 123 Å². The zero-order valence-electron chi connectivity index (χ0n) is 11.0. The number of hydrogen-bond acceptors (Lipinski definition) is 5. The summed E-state index contributed by atoms with van der Waals surface area (Å²) in [6.45, 7) is 0.881. The zero-order valence-corrected chi connectivity index (χ0v) is 12.6. The van der Waals surface area contributed by atoms with Crippen LogP contribution in [-0.2, 0) is 16.4 Å². The number of rotatable bonds is 7. The Kier molecular flexibility index (Phi) is 5.17. The lowest BCUT2D eigenvalue weighted by Crippen LogP contribution is -2.09. The number of thiophene rings is 1. The first kappa shape index (κ1) is 15.0. The van der Waals surface area contributed by atoms with Gasteiger partial charge in [0, 0.05) is 6.54 Å². The summed E-state index contributed by atoms with van der Waals surface area (Å²) in [5.74, 6) is 0.838. The van der Waals surface area contributed by atoms with E-state index in [9.17, 15) is 8.42 Å². The van der Waals surface area contributed by atoms with Crippen LogP contribution in [0.1, 0.15) is 12.0 Å². The molecule has 0 spiro atoms. The van der Waals surface area contributed by atoms with Crippen molar-refractivity contribution in [1.29, 1.82) is 0 Å². The van der Waals surface area contributed by atoms with Gasteiger partial charge in [0.2, 0.25) is 0 Å². The Hall–Kier alpha value is -1.37. The second-order valence-electron chi connectivity index (χ2n) is 4.30. The van der Waals surface area contributed by atoms with E-state index in [1.807, 2.05) is 24.3 Å². The molecule has 0 aliphatic carbocycles. The average molecular weight is 311 g/mol. The van der Waals surface area contributed by atoms with Crippen LogP contribution in [0.2, 0.25) is 0 Å². The van der Waals surface area contributed by atoms with Gasteiger partial charge in [-0.15, -0.1) is 11.3 Å². The van der Waals surface area contributed by atoms with Crippen molar-refractivity contribution in [2.24, 2.45) is 5.73 Å². The predicted octanol–water partition coefficient (Wildman–Crippen LogP) is 2.45. The topological polar surface area (TPSA) is 69.4 Å². The van der Waals surface area contributed by atoms with E-state index in [1.54, 1.807) is 17.5 Å². The van der Waals surface area contributed by atoms with Crippen molar-refractivity contribution in [2.45, 2.75) is 17.2 Å². The fourth-order valence-corrected chi connectivity index (χ4v) is 4.14. The van der Waals surface area contributed by atoms with Crippen molar-refractivity contribution in [1.82, 2.24) is 0 Å². The van der Waals surface area contributed by atoms with Crippen molar-refractivity contribution in [3.63, 3.8) is 0 Å². The third-order valence-electron chi connectivity index (χ3n) is 2.79. The first-order valence-electron chi connectivity index (χ1n) is 6.30. The first-order valence-corrected chi connectivity index (χ1v) is 8.83. The van der Waals surface area contributed by atoms with E-state index in [0.29, 0.717) is 23.8 Å². The number of ether oxygens (including phenoxy) is 1. The molecule has 108 valence electrons. The minimum absolute atomic E-state index is 0.106. The van der Waals surface area contributed by atoms with E-state index >= 15 is 0 Å². The third-order valence-corrected chi connectivity index (χ3v) is 6.07. The van der Waals surface area contributed by atoms with Crippen molar-refractivity contribution in [2.75, 3.05) is 12.4 Å². The molecule has 1 aromatic carbocycles. The van der Waals surface area contributed by atoms with Gasteiger partial charge < -0.3 is 10.5 Å². The molecule has 0 bridgehead atoms. The van der Waals surface area contributed by atoms with Gasteiger partial charge in [0.15, 0.2) is 9.84 Å². The lowest BCUT2D eigenvalue weighted by atomic mass is 10.2. The van der Waals surface area contributed by atoms with Gasteiger partial charge in [-0.25, -0.2) is 8.42 Å². The van der Waals surface area contributed by atoms with E-state index in [4.69, 9.17) is 10.5 Å². The van der Waals surface area contributed by atoms with E-state index in [1.165, 1.54) is 11.3 Å². The van der Waals surface area contributed by atoms with Crippen molar-refractivity contribution >= 4 is 21.2 Å². The number of benzene rings is 1. The van der Waals surface area contributed by atoms with Crippen LogP contribution in [0.15, 0.2) is 46.0 Å². The minimum atomic E-state index is -3.16. The lowest BCUT2D eigenvalue weighted by molar-refractivity contribution is 0.317. The van der Waals surface area contributed by atoms with Gasteiger partial charge in [-0.1, -0.05) is 18.2 Å². The molecule has 1 heterocycles. The second kappa shape index (κ2) is 6.88. The third kappa shape index (κ3) is 4.06. The summed E-state index contributed by atoms with van der Waals surface area (Å²) in [4.78, 5) is 0. The summed E-state index contributed by atoms with van der Waals surface area (Å²) >= 11 is 1.25. The lowest BCUT2D eigenvalue weighted by Gasteiger charge is -2.07. The van der Waals surface area contributed by atoms with Crippen LogP contribution in [0.4, 0.5) is 0 Å². The summed E-state index contributed by atoms with van der Waals surface area (Å²) in [6, 6.07) is 10.9. The molecule has 20 heavy (non-hydrogen) atoms. The van der Waals surface area contributed by atoms with Crippen LogP contribution in [0.3, 0.4) is 0 Å². The van der Waals surface area contributed by atoms with Gasteiger partial charge in [0.05, 0.1) is 12.4 Å². The molecular weight excluding hydrogens is 294 g/mol. The summed E-state index contributed by atoms with van der Waals surface area (Å²) in [5.41, 5.74) is 6.55. The Morgan fingerprint density at radius 1 is 1.15 bits per heavy atom. The Bertz CT molecular complexity index is 619. The summed E-state index contributed by atoms with van der Waals surface area (Å²) in [5, 5.41) is 1.77. The van der Waals surface area contributed by atoms with Gasteiger partial charge in [-0.3, -0.25) is 0 Å². The maximum atomic E-state index is 11.9. The molecular formula is C14H17NO3S2. The van der Waals surface area contributed by atoms with Gasteiger partial charge in [0.25, 0.3) is 0 Å². The van der Waals surface area contributed by atoms with Gasteiger partial charge in [-0.2, -0.15) is 0 Å². The molecule has 2 N–H and O–H groups in total. The number of sulfone groups is 1. The first-order chi connectivity index (χ1) is 9.62. The van der Waals surface area contributed by atoms with E-state index in [0.717, 1.165) is 11.3 Å². The van der Waals surface area contributed by atoms with Crippen LogP contribution in [0, 0.1) is 0 Å². The summed E-state index contributed by atoms with van der Waals surface area (Å²) in [6.07, 6.45) is 0.471. The van der Waals surface area contributed by atoms with Crippen LogP contribution >= 0.6 is 11.3 Å². The van der Waals surface area contributed by atoms with Crippen molar-refractivity contribution in [3.8, 4) is 5.75 Å². The van der Waals surface area contributed by atoms with Crippen LogP contribution in [0.5, 0.6) is 5.75 Å². The highest BCUT2D eigenvalue weighted by atomic mass is 32.2. The normalized spacial score (nSPS) is 11.4. The Balaban J connectivity index is 1.79. The molecule has 0 saturated heterocycles. The fraction of sp³-hybridized carbons (Fsp3) is 0.286. The Morgan fingerprint density at radius 2 is 1.90 bits per heavy atom. The van der Waals surface area contributed by atoms with E-state index in [-0.39, 0.29) is 5.75 Å². The highest BCUT2D eigenvalue weighted by Gasteiger charge is 2.14. The zero-order chi connectivity index (χ0) is 14.4. The summed E-state index contributed by atoms with van der Waals surface area (Å²) < 4.78 is 29.8. The standard InChI is InChI=1S/C14H17NO3S2/c15-11-12-4-6-13(7-5-12)18-8-2-10-20(16,17)14-3-1-9-19-14/h1,3-7,9H,2,8,10-11,15H2. The quantitative estimate of drug-likeness (QED) is 0.797. The van der Waals surface area contributed by atoms with Crippen molar-refractivity contribution in [3.05, 3.63) is 47.3 Å². The van der Waals surface area contributed by atoms with Gasteiger partial charge in [0.1, 0.15) is 9.96 Å². The Morgan fingerprint density at radius 3 is 2.50 bits per heavy atom. The molecule has 0 atom stereocenters.